The Balaban J connectivity index is 0.00000144. The summed E-state index contributed by atoms with van der Waals surface area (Å²) in [5, 5.41) is 6.43. The number of hydrogen-bond donors (Lipinski definition) is 2. The molecule has 1 amide bonds. The molecule has 100 valence electrons. The minimum absolute atomic E-state index is 0. The van der Waals surface area contributed by atoms with E-state index in [-0.39, 0.29) is 18.3 Å². The van der Waals surface area contributed by atoms with Gasteiger partial charge in [0.25, 0.3) is 0 Å². The second-order valence-electron chi connectivity index (χ2n) is 5.35. The lowest BCUT2D eigenvalue weighted by Crippen LogP contribution is -2.27. The molecule has 0 bridgehead atoms. The molecule has 1 aliphatic carbocycles. The van der Waals surface area contributed by atoms with Crippen molar-refractivity contribution in [2.24, 2.45) is 11.8 Å². The maximum Gasteiger partial charge on any atom is 0.220 e. The number of halogens is 1. The van der Waals surface area contributed by atoms with Gasteiger partial charge in [0.15, 0.2) is 0 Å². The molecular formula is C13H25ClN2O. The Hall–Kier alpha value is -0.280. The summed E-state index contributed by atoms with van der Waals surface area (Å²) in [6.45, 7) is 3.16. The Labute approximate surface area is 111 Å². The fourth-order valence-electron chi connectivity index (χ4n) is 2.93. The summed E-state index contributed by atoms with van der Waals surface area (Å²) >= 11 is 0. The molecule has 2 aliphatic rings. The highest BCUT2D eigenvalue weighted by Gasteiger charge is 2.18. The minimum Gasteiger partial charge on any atom is -0.356 e. The molecule has 2 rings (SSSR count). The Morgan fingerprint density at radius 3 is 2.59 bits per heavy atom. The zero-order chi connectivity index (χ0) is 11.2. The van der Waals surface area contributed by atoms with Crippen LogP contribution in [0, 0.1) is 11.8 Å². The molecule has 0 aromatic rings. The molecule has 0 radical (unpaired) electrons. The first kappa shape index (κ1) is 14.8. The molecule has 1 heterocycles. The maximum atomic E-state index is 11.6. The molecule has 2 fully saturated rings. The summed E-state index contributed by atoms with van der Waals surface area (Å²) in [7, 11) is 0. The van der Waals surface area contributed by atoms with Crippen LogP contribution in [0.5, 0.6) is 0 Å². The molecule has 3 nitrogen and oxygen atoms in total. The third kappa shape index (κ3) is 5.26. The van der Waals surface area contributed by atoms with Crippen molar-refractivity contribution in [3.05, 3.63) is 0 Å². The zero-order valence-corrected chi connectivity index (χ0v) is 11.4. The summed E-state index contributed by atoms with van der Waals surface area (Å²) < 4.78 is 0. The van der Waals surface area contributed by atoms with Crippen LogP contribution in [-0.2, 0) is 4.79 Å². The van der Waals surface area contributed by atoms with Crippen LogP contribution in [0.25, 0.3) is 0 Å². The number of carbonyl (C=O) groups excluding carboxylic acids is 1. The molecule has 1 unspecified atom stereocenters. The summed E-state index contributed by atoms with van der Waals surface area (Å²) in [5.41, 5.74) is 0. The van der Waals surface area contributed by atoms with E-state index in [0.29, 0.717) is 5.92 Å². The first-order valence-electron chi connectivity index (χ1n) is 6.82. The van der Waals surface area contributed by atoms with Gasteiger partial charge in [0.1, 0.15) is 0 Å². The van der Waals surface area contributed by atoms with Crippen LogP contribution in [-0.4, -0.2) is 25.5 Å². The Bertz CT molecular complexity index is 223. The number of rotatable bonds is 5. The molecule has 4 heteroatoms. The Kier molecular flexibility index (Phi) is 6.90. The lowest BCUT2D eigenvalue weighted by Gasteiger charge is -2.11. The van der Waals surface area contributed by atoms with Gasteiger partial charge in [0.2, 0.25) is 5.91 Å². The van der Waals surface area contributed by atoms with E-state index < -0.39 is 0 Å². The van der Waals surface area contributed by atoms with E-state index in [2.05, 4.69) is 10.6 Å². The summed E-state index contributed by atoms with van der Waals surface area (Å²) in [5.74, 6) is 1.73. The van der Waals surface area contributed by atoms with Crippen molar-refractivity contribution in [3.8, 4) is 0 Å². The van der Waals surface area contributed by atoms with Gasteiger partial charge in [-0.25, -0.2) is 0 Å². The molecule has 1 aliphatic heterocycles. The average molecular weight is 261 g/mol. The van der Waals surface area contributed by atoms with Crippen LogP contribution >= 0.6 is 12.4 Å². The van der Waals surface area contributed by atoms with E-state index in [1.165, 1.54) is 32.1 Å². The molecule has 0 aromatic carbocycles. The van der Waals surface area contributed by atoms with Crippen molar-refractivity contribution in [2.75, 3.05) is 19.6 Å². The minimum atomic E-state index is 0. The van der Waals surface area contributed by atoms with Gasteiger partial charge >= 0.3 is 0 Å². The van der Waals surface area contributed by atoms with E-state index in [1.807, 2.05) is 0 Å². The van der Waals surface area contributed by atoms with Crippen molar-refractivity contribution in [1.29, 1.82) is 0 Å². The Morgan fingerprint density at radius 2 is 1.94 bits per heavy atom. The highest BCUT2D eigenvalue weighted by Crippen LogP contribution is 2.27. The lowest BCUT2D eigenvalue weighted by molar-refractivity contribution is -0.122. The molecule has 0 aromatic heterocycles. The van der Waals surface area contributed by atoms with Crippen LogP contribution < -0.4 is 10.6 Å². The Morgan fingerprint density at radius 1 is 1.18 bits per heavy atom. The lowest BCUT2D eigenvalue weighted by atomic mass is 10.0. The van der Waals surface area contributed by atoms with Gasteiger partial charge in [-0.1, -0.05) is 12.8 Å². The maximum absolute atomic E-state index is 11.6. The number of nitrogens with one attached hydrogen (secondary N) is 2. The van der Waals surface area contributed by atoms with Gasteiger partial charge in [-0.05, 0) is 50.6 Å². The topological polar surface area (TPSA) is 41.1 Å². The first-order chi connectivity index (χ1) is 7.84. The fraction of sp³-hybridized carbons (Fsp3) is 0.923. The normalized spacial score (nSPS) is 24.6. The molecule has 1 atom stereocenters. The van der Waals surface area contributed by atoms with Gasteiger partial charge < -0.3 is 10.6 Å². The van der Waals surface area contributed by atoms with Crippen molar-refractivity contribution in [1.82, 2.24) is 10.6 Å². The van der Waals surface area contributed by atoms with Gasteiger partial charge in [-0.3, -0.25) is 4.79 Å². The highest BCUT2D eigenvalue weighted by atomic mass is 35.5. The second kappa shape index (κ2) is 7.93. The smallest absolute Gasteiger partial charge is 0.220 e. The van der Waals surface area contributed by atoms with Crippen LogP contribution in [0.2, 0.25) is 0 Å². The van der Waals surface area contributed by atoms with Crippen LogP contribution in [0.3, 0.4) is 0 Å². The standard InChI is InChI=1S/C13H24N2O.ClH/c16-13(9-11-3-1-2-4-11)15-8-6-12-5-7-14-10-12;/h11-12,14H,1-10H2,(H,15,16);1H. The molecule has 0 spiro atoms. The predicted molar refractivity (Wildman–Crippen MR) is 72.4 cm³/mol. The molecule has 1 saturated heterocycles. The first-order valence-corrected chi connectivity index (χ1v) is 6.82. The van der Waals surface area contributed by atoms with Gasteiger partial charge in [0, 0.05) is 13.0 Å². The van der Waals surface area contributed by atoms with E-state index in [1.54, 1.807) is 0 Å². The molecular weight excluding hydrogens is 236 g/mol. The monoisotopic (exact) mass is 260 g/mol. The predicted octanol–water partition coefficient (Wildman–Crippen LogP) is 2.10. The molecule has 2 N–H and O–H groups in total. The zero-order valence-electron chi connectivity index (χ0n) is 10.5. The summed E-state index contributed by atoms with van der Waals surface area (Å²) in [6, 6.07) is 0. The number of amides is 1. The average Bonchev–Trinajstić information content (AvgIpc) is 2.90. The third-order valence-corrected chi connectivity index (χ3v) is 3.99. The van der Waals surface area contributed by atoms with Crippen molar-refractivity contribution < 1.29 is 4.79 Å². The van der Waals surface area contributed by atoms with Crippen molar-refractivity contribution in [3.63, 3.8) is 0 Å². The van der Waals surface area contributed by atoms with E-state index in [4.69, 9.17) is 0 Å². The van der Waals surface area contributed by atoms with Crippen LogP contribution in [0.4, 0.5) is 0 Å². The van der Waals surface area contributed by atoms with Crippen LogP contribution in [0.1, 0.15) is 44.9 Å². The summed E-state index contributed by atoms with van der Waals surface area (Å²) in [4.78, 5) is 11.6. The summed E-state index contributed by atoms with van der Waals surface area (Å²) in [6.07, 6.45) is 8.36. The molecule has 17 heavy (non-hydrogen) atoms. The third-order valence-electron chi connectivity index (χ3n) is 3.99. The molecule has 1 saturated carbocycles. The van der Waals surface area contributed by atoms with E-state index in [9.17, 15) is 4.79 Å². The second-order valence-corrected chi connectivity index (χ2v) is 5.35. The van der Waals surface area contributed by atoms with Gasteiger partial charge in [0.05, 0.1) is 0 Å². The largest absolute Gasteiger partial charge is 0.356 e. The van der Waals surface area contributed by atoms with Crippen LogP contribution in [0.15, 0.2) is 0 Å². The highest BCUT2D eigenvalue weighted by molar-refractivity contribution is 5.85. The van der Waals surface area contributed by atoms with Gasteiger partial charge in [-0.15, -0.1) is 12.4 Å². The van der Waals surface area contributed by atoms with Crippen molar-refractivity contribution in [2.45, 2.75) is 44.9 Å². The van der Waals surface area contributed by atoms with E-state index in [0.717, 1.165) is 38.4 Å². The van der Waals surface area contributed by atoms with Gasteiger partial charge in [-0.2, -0.15) is 0 Å². The number of carbonyl (C=O) groups is 1. The van der Waals surface area contributed by atoms with Crippen molar-refractivity contribution >= 4 is 18.3 Å². The van der Waals surface area contributed by atoms with E-state index >= 15 is 0 Å². The number of hydrogen-bond acceptors (Lipinski definition) is 2. The quantitative estimate of drug-likeness (QED) is 0.795. The fourth-order valence-corrected chi connectivity index (χ4v) is 2.93. The SMILES string of the molecule is Cl.O=C(CC1CCCC1)NCCC1CCNC1.